The Hall–Kier alpha value is -3.15. The highest BCUT2D eigenvalue weighted by Crippen LogP contribution is 2.29. The van der Waals surface area contributed by atoms with Crippen LogP contribution in [0.4, 0.5) is 5.82 Å². The first-order chi connectivity index (χ1) is 13.9. The fourth-order valence-electron chi connectivity index (χ4n) is 3.08. The molecular weight excluding hydrogens is 366 g/mol. The van der Waals surface area contributed by atoms with E-state index in [1.807, 2.05) is 32.0 Å². The Morgan fingerprint density at radius 3 is 2.55 bits per heavy atom. The van der Waals surface area contributed by atoms with Crippen molar-refractivity contribution in [1.29, 1.82) is 0 Å². The van der Waals surface area contributed by atoms with Gasteiger partial charge in [0.05, 0.1) is 0 Å². The number of ether oxygens (including phenoxy) is 1. The van der Waals surface area contributed by atoms with Crippen LogP contribution in [0.2, 0.25) is 0 Å². The fourth-order valence-corrected chi connectivity index (χ4v) is 3.08. The van der Waals surface area contributed by atoms with Gasteiger partial charge in [-0.15, -0.1) is 0 Å². The van der Waals surface area contributed by atoms with Gasteiger partial charge in [0, 0.05) is 5.56 Å². The zero-order valence-corrected chi connectivity index (χ0v) is 17.6. The molecule has 1 atom stereocenters. The third-order valence-corrected chi connectivity index (χ3v) is 5.11. The Kier molecular flexibility index (Phi) is 6.32. The first-order valence-corrected chi connectivity index (χ1v) is 9.92. The summed E-state index contributed by atoms with van der Waals surface area (Å²) in [6, 6.07) is 12.0. The molecule has 29 heavy (non-hydrogen) atoms. The molecule has 0 fully saturated rings. The van der Waals surface area contributed by atoms with E-state index in [4.69, 9.17) is 9.37 Å². The van der Waals surface area contributed by atoms with Gasteiger partial charge in [0.15, 0.2) is 11.8 Å². The molecule has 1 heterocycles. The molecule has 0 spiro atoms. The van der Waals surface area contributed by atoms with Crippen molar-refractivity contribution < 1.29 is 14.2 Å². The van der Waals surface area contributed by atoms with Crippen molar-refractivity contribution in [2.75, 3.05) is 5.32 Å². The number of amides is 1. The van der Waals surface area contributed by atoms with E-state index in [1.165, 1.54) is 11.1 Å². The molecule has 1 unspecified atom stereocenters. The van der Waals surface area contributed by atoms with Crippen LogP contribution in [0.1, 0.15) is 43.0 Å². The average molecular weight is 393 g/mol. The third kappa shape index (κ3) is 4.65. The predicted octanol–water partition coefficient (Wildman–Crippen LogP) is 4.88. The lowest BCUT2D eigenvalue weighted by molar-refractivity contribution is -0.122. The number of rotatable bonds is 7. The van der Waals surface area contributed by atoms with Crippen molar-refractivity contribution >= 4 is 11.7 Å². The van der Waals surface area contributed by atoms with E-state index < -0.39 is 6.10 Å². The smallest absolute Gasteiger partial charge is 0.266 e. The molecule has 2 aromatic carbocycles. The minimum atomic E-state index is -0.700. The molecule has 0 saturated carbocycles. The van der Waals surface area contributed by atoms with Gasteiger partial charge in [-0.3, -0.25) is 4.79 Å². The molecule has 1 aromatic heterocycles. The highest BCUT2D eigenvalue weighted by molar-refractivity contribution is 5.96. The van der Waals surface area contributed by atoms with E-state index in [1.54, 1.807) is 6.92 Å². The van der Waals surface area contributed by atoms with Crippen LogP contribution in [-0.4, -0.2) is 22.3 Å². The van der Waals surface area contributed by atoms with Crippen molar-refractivity contribution in [1.82, 2.24) is 10.3 Å². The third-order valence-electron chi connectivity index (χ3n) is 5.11. The van der Waals surface area contributed by atoms with Gasteiger partial charge in [0.1, 0.15) is 5.75 Å². The number of carbonyl (C=O) groups excluding carboxylic acids is 1. The highest BCUT2D eigenvalue weighted by atomic mass is 16.6. The Balaban J connectivity index is 1.79. The molecular formula is C23H27N3O3. The summed E-state index contributed by atoms with van der Waals surface area (Å²) in [5, 5.41) is 10.7. The van der Waals surface area contributed by atoms with Gasteiger partial charge >= 0.3 is 0 Å². The van der Waals surface area contributed by atoms with Gasteiger partial charge in [-0.05, 0) is 84.4 Å². The SMILES string of the molecule is CCc1ccc(CC)c(-c2nonc2NC(=O)C(C)Oc2ccc(C)c(C)c2)c1. The summed E-state index contributed by atoms with van der Waals surface area (Å²) in [5.41, 5.74) is 6.04. The maximum atomic E-state index is 12.7. The molecule has 0 radical (unpaired) electrons. The van der Waals surface area contributed by atoms with E-state index in [0.29, 0.717) is 17.3 Å². The van der Waals surface area contributed by atoms with Crippen molar-refractivity contribution in [2.45, 2.75) is 53.6 Å². The average Bonchev–Trinajstić information content (AvgIpc) is 3.18. The van der Waals surface area contributed by atoms with Gasteiger partial charge < -0.3 is 10.1 Å². The van der Waals surface area contributed by atoms with Crippen LogP contribution in [0.3, 0.4) is 0 Å². The molecule has 6 heteroatoms. The molecule has 6 nitrogen and oxygen atoms in total. The van der Waals surface area contributed by atoms with Crippen molar-refractivity contribution in [2.24, 2.45) is 0 Å². The van der Waals surface area contributed by atoms with Crippen LogP contribution in [0.25, 0.3) is 11.3 Å². The topological polar surface area (TPSA) is 77.3 Å². The first kappa shape index (κ1) is 20.6. The first-order valence-electron chi connectivity index (χ1n) is 9.92. The lowest BCUT2D eigenvalue weighted by Crippen LogP contribution is -2.30. The number of nitrogens with one attached hydrogen (secondary N) is 1. The molecule has 0 bridgehead atoms. The molecule has 1 amide bonds. The summed E-state index contributed by atoms with van der Waals surface area (Å²) < 4.78 is 10.7. The van der Waals surface area contributed by atoms with Crippen LogP contribution < -0.4 is 10.1 Å². The van der Waals surface area contributed by atoms with Gasteiger partial charge in [-0.1, -0.05) is 32.0 Å². The van der Waals surface area contributed by atoms with E-state index in [-0.39, 0.29) is 5.91 Å². The fraction of sp³-hybridized carbons (Fsp3) is 0.348. The van der Waals surface area contributed by atoms with Crippen LogP contribution in [0.5, 0.6) is 5.75 Å². The normalized spacial score (nSPS) is 11.9. The molecule has 1 N–H and O–H groups in total. The maximum Gasteiger partial charge on any atom is 0.266 e. The summed E-state index contributed by atoms with van der Waals surface area (Å²) in [6.45, 7) is 9.92. The zero-order chi connectivity index (χ0) is 21.0. The quantitative estimate of drug-likeness (QED) is 0.619. The number of anilines is 1. The highest BCUT2D eigenvalue weighted by Gasteiger charge is 2.22. The number of hydrogen-bond acceptors (Lipinski definition) is 5. The van der Waals surface area contributed by atoms with E-state index in [2.05, 4.69) is 47.7 Å². The minimum Gasteiger partial charge on any atom is -0.481 e. The Morgan fingerprint density at radius 1 is 1.07 bits per heavy atom. The van der Waals surface area contributed by atoms with Gasteiger partial charge in [0.2, 0.25) is 5.82 Å². The molecule has 152 valence electrons. The second-order valence-electron chi connectivity index (χ2n) is 7.16. The van der Waals surface area contributed by atoms with Gasteiger partial charge in [0.25, 0.3) is 5.91 Å². The summed E-state index contributed by atoms with van der Waals surface area (Å²) in [4.78, 5) is 12.7. The monoisotopic (exact) mass is 393 g/mol. The number of aryl methyl sites for hydroxylation is 4. The summed E-state index contributed by atoms with van der Waals surface area (Å²) in [5.74, 6) is 0.636. The lowest BCUT2D eigenvalue weighted by Gasteiger charge is -2.15. The number of benzene rings is 2. The molecule has 0 aliphatic heterocycles. The second-order valence-corrected chi connectivity index (χ2v) is 7.16. The summed E-state index contributed by atoms with van der Waals surface area (Å²) >= 11 is 0. The van der Waals surface area contributed by atoms with Crippen LogP contribution in [-0.2, 0) is 17.6 Å². The minimum absolute atomic E-state index is 0.300. The molecule has 0 saturated heterocycles. The molecule has 3 rings (SSSR count). The van der Waals surface area contributed by atoms with Crippen LogP contribution in [0.15, 0.2) is 41.0 Å². The number of aromatic nitrogens is 2. The van der Waals surface area contributed by atoms with Crippen molar-refractivity contribution in [3.8, 4) is 17.0 Å². The van der Waals surface area contributed by atoms with E-state index >= 15 is 0 Å². The van der Waals surface area contributed by atoms with Crippen LogP contribution in [0, 0.1) is 13.8 Å². The molecule has 0 aliphatic rings. The molecule has 0 aliphatic carbocycles. The zero-order valence-electron chi connectivity index (χ0n) is 17.6. The molecule has 3 aromatic rings. The van der Waals surface area contributed by atoms with Crippen molar-refractivity contribution in [3.63, 3.8) is 0 Å². The number of hydrogen-bond donors (Lipinski definition) is 1. The summed E-state index contributed by atoms with van der Waals surface area (Å²) in [6.07, 6.45) is 1.05. The van der Waals surface area contributed by atoms with E-state index in [0.717, 1.165) is 29.5 Å². The van der Waals surface area contributed by atoms with Gasteiger partial charge in [-0.2, -0.15) is 0 Å². The lowest BCUT2D eigenvalue weighted by atomic mass is 9.98. The van der Waals surface area contributed by atoms with Crippen LogP contribution >= 0.6 is 0 Å². The second kappa shape index (κ2) is 8.90. The maximum absolute atomic E-state index is 12.7. The largest absolute Gasteiger partial charge is 0.481 e. The Labute approximate surface area is 171 Å². The Morgan fingerprint density at radius 2 is 1.86 bits per heavy atom. The predicted molar refractivity (Wildman–Crippen MR) is 113 cm³/mol. The van der Waals surface area contributed by atoms with Crippen molar-refractivity contribution in [3.05, 3.63) is 58.7 Å². The van der Waals surface area contributed by atoms with E-state index in [9.17, 15) is 4.79 Å². The summed E-state index contributed by atoms with van der Waals surface area (Å²) in [7, 11) is 0. The number of carbonyl (C=O) groups is 1. The number of nitrogens with zero attached hydrogens (tertiary/aromatic N) is 2. The standard InChI is InChI=1S/C23H27N3O3/c1-6-17-9-10-18(7-2)20(13-17)21-22(26-29-25-21)24-23(27)16(5)28-19-11-8-14(3)15(4)12-19/h8-13,16H,6-7H2,1-5H3,(H,24,26,27). The van der Waals surface area contributed by atoms with Gasteiger partial charge in [-0.25, -0.2) is 4.63 Å². The Bertz CT molecular complexity index is 1010.